The number of nitrogens with zero attached hydrogens (tertiary/aromatic N) is 2. The number of methoxy groups -OCH3 is 1. The van der Waals surface area contributed by atoms with Crippen LogP contribution < -0.4 is 9.47 Å². The number of benzene rings is 1. The highest BCUT2D eigenvalue weighted by Gasteiger charge is 2.34. The Morgan fingerprint density at radius 3 is 2.70 bits per heavy atom. The molecule has 1 amide bonds. The minimum atomic E-state index is -3.13. The van der Waals surface area contributed by atoms with E-state index in [1.807, 2.05) is 6.92 Å². The van der Waals surface area contributed by atoms with Crippen molar-refractivity contribution in [2.45, 2.75) is 32.2 Å². The minimum absolute atomic E-state index is 0.0383. The molecule has 0 saturated carbocycles. The lowest BCUT2D eigenvalue weighted by molar-refractivity contribution is -0.385. The number of carbonyl (C=O) groups is 1. The Balaban J connectivity index is 2.10. The van der Waals surface area contributed by atoms with Crippen molar-refractivity contribution in [3.63, 3.8) is 0 Å². The lowest BCUT2D eigenvalue weighted by Gasteiger charge is -2.28. The molecule has 0 bridgehead atoms. The van der Waals surface area contributed by atoms with E-state index in [9.17, 15) is 23.3 Å². The van der Waals surface area contributed by atoms with Gasteiger partial charge in [-0.2, -0.15) is 0 Å². The molecule has 1 aliphatic rings. The zero-order chi connectivity index (χ0) is 20.0. The van der Waals surface area contributed by atoms with E-state index in [-0.39, 0.29) is 34.9 Å². The fraction of sp³-hybridized carbons (Fsp3) is 0.588. The Labute approximate surface area is 158 Å². The molecule has 9 nitrogen and oxygen atoms in total. The Bertz CT molecular complexity index is 794. The van der Waals surface area contributed by atoms with E-state index in [4.69, 9.17) is 9.47 Å². The molecule has 1 aromatic carbocycles. The molecule has 0 radical (unpaired) electrons. The summed E-state index contributed by atoms with van der Waals surface area (Å²) in [5, 5.41) is 11.2. The van der Waals surface area contributed by atoms with Crippen molar-refractivity contribution >= 4 is 21.4 Å². The second-order valence-electron chi connectivity index (χ2n) is 6.38. The average Bonchev–Trinajstić information content (AvgIpc) is 2.99. The summed E-state index contributed by atoms with van der Waals surface area (Å²) in [6.45, 7) is 2.02. The van der Waals surface area contributed by atoms with Gasteiger partial charge in [0, 0.05) is 12.6 Å². The average molecular weight is 400 g/mol. The summed E-state index contributed by atoms with van der Waals surface area (Å²) in [7, 11) is -1.74. The molecule has 1 heterocycles. The third-order valence-electron chi connectivity index (χ3n) is 4.44. The van der Waals surface area contributed by atoms with Gasteiger partial charge in [0.2, 0.25) is 0 Å². The normalized spacial score (nSPS) is 18.1. The topological polar surface area (TPSA) is 116 Å². The summed E-state index contributed by atoms with van der Waals surface area (Å²) in [5.74, 6) is -0.0934. The number of sulfone groups is 1. The third-order valence-corrected chi connectivity index (χ3v) is 6.19. The summed E-state index contributed by atoms with van der Waals surface area (Å²) in [6.07, 6.45) is 2.00. The molecule has 0 unspecified atom stereocenters. The smallest absolute Gasteiger partial charge is 0.314 e. The number of amides is 1. The van der Waals surface area contributed by atoms with Crippen molar-refractivity contribution < 1.29 is 27.6 Å². The Kier molecular flexibility index (Phi) is 7.00. The maximum Gasteiger partial charge on any atom is 0.314 e. The van der Waals surface area contributed by atoms with E-state index in [2.05, 4.69) is 0 Å². The highest BCUT2D eigenvalue weighted by atomic mass is 32.2. The first-order chi connectivity index (χ1) is 12.8. The van der Waals surface area contributed by atoms with Crippen LogP contribution in [-0.2, 0) is 14.6 Å². The molecule has 0 spiro atoms. The summed E-state index contributed by atoms with van der Waals surface area (Å²) in [6, 6.07) is 3.73. The first-order valence-electron chi connectivity index (χ1n) is 8.72. The van der Waals surface area contributed by atoms with Gasteiger partial charge in [-0.05, 0) is 25.0 Å². The van der Waals surface area contributed by atoms with Crippen molar-refractivity contribution in [1.82, 2.24) is 4.90 Å². The first kappa shape index (κ1) is 20.9. The molecule has 0 N–H and O–H groups in total. The predicted molar refractivity (Wildman–Crippen MR) is 98.8 cm³/mol. The quantitative estimate of drug-likeness (QED) is 0.458. The number of unbranched alkanes of at least 4 members (excludes halogenated alkanes) is 1. The van der Waals surface area contributed by atoms with Crippen LogP contribution in [0.2, 0.25) is 0 Å². The molecule has 10 heteroatoms. The standard InChI is InChI=1S/C17H24N2O7S/c1-3-4-8-18(13-7-9-27(23,24)12-13)17(20)11-26-16-6-5-14(25-2)10-15(16)19(21)22/h5-6,10,13H,3-4,7-9,11-12H2,1-2H3/t13-/m0/s1. The van der Waals surface area contributed by atoms with Crippen LogP contribution in [-0.4, -0.2) is 62.0 Å². The van der Waals surface area contributed by atoms with Crippen LogP contribution in [0.15, 0.2) is 18.2 Å². The molecular weight excluding hydrogens is 376 g/mol. The van der Waals surface area contributed by atoms with Gasteiger partial charge in [0.25, 0.3) is 5.91 Å². The second-order valence-corrected chi connectivity index (χ2v) is 8.61. The first-order valence-corrected chi connectivity index (χ1v) is 10.5. The number of nitro benzene ring substituents is 1. The van der Waals surface area contributed by atoms with Crippen LogP contribution in [0.3, 0.4) is 0 Å². The van der Waals surface area contributed by atoms with Crippen molar-refractivity contribution in [3.8, 4) is 11.5 Å². The maximum atomic E-state index is 12.6. The highest BCUT2D eigenvalue weighted by Crippen LogP contribution is 2.31. The number of rotatable bonds is 9. The van der Waals surface area contributed by atoms with E-state index in [0.717, 1.165) is 12.8 Å². The van der Waals surface area contributed by atoms with Gasteiger partial charge in [0.05, 0.1) is 29.6 Å². The van der Waals surface area contributed by atoms with Crippen LogP contribution in [0.25, 0.3) is 0 Å². The lowest BCUT2D eigenvalue weighted by atomic mass is 10.2. The molecule has 27 heavy (non-hydrogen) atoms. The molecule has 0 aromatic heterocycles. The SMILES string of the molecule is CCCCN(C(=O)COc1ccc(OC)cc1[N+](=O)[O-])[C@H]1CCS(=O)(=O)C1. The molecule has 1 aliphatic heterocycles. The van der Waals surface area contributed by atoms with Crippen LogP contribution in [0.5, 0.6) is 11.5 Å². The Hall–Kier alpha value is -2.36. The molecular formula is C17H24N2O7S. The maximum absolute atomic E-state index is 12.6. The van der Waals surface area contributed by atoms with E-state index >= 15 is 0 Å². The van der Waals surface area contributed by atoms with Crippen LogP contribution >= 0.6 is 0 Å². The number of carbonyl (C=O) groups excluding carboxylic acids is 1. The van der Waals surface area contributed by atoms with Gasteiger partial charge < -0.3 is 14.4 Å². The fourth-order valence-corrected chi connectivity index (χ4v) is 4.70. The summed E-state index contributed by atoms with van der Waals surface area (Å²) >= 11 is 0. The van der Waals surface area contributed by atoms with Gasteiger partial charge in [-0.1, -0.05) is 13.3 Å². The fourth-order valence-electron chi connectivity index (χ4n) is 2.97. The summed E-state index contributed by atoms with van der Waals surface area (Å²) in [4.78, 5) is 24.8. The zero-order valence-corrected chi connectivity index (χ0v) is 16.2. The molecule has 1 saturated heterocycles. The van der Waals surface area contributed by atoms with E-state index in [1.54, 1.807) is 0 Å². The van der Waals surface area contributed by atoms with Crippen molar-refractivity contribution in [2.75, 3.05) is 31.8 Å². The van der Waals surface area contributed by atoms with Gasteiger partial charge in [0.1, 0.15) is 5.75 Å². The zero-order valence-electron chi connectivity index (χ0n) is 15.4. The second kappa shape index (κ2) is 9.03. The van der Waals surface area contributed by atoms with Crippen molar-refractivity contribution in [1.29, 1.82) is 0 Å². The molecule has 1 fully saturated rings. The Morgan fingerprint density at radius 1 is 1.41 bits per heavy atom. The van der Waals surface area contributed by atoms with Crippen molar-refractivity contribution in [3.05, 3.63) is 28.3 Å². The van der Waals surface area contributed by atoms with E-state index in [0.29, 0.717) is 18.7 Å². The highest BCUT2D eigenvalue weighted by molar-refractivity contribution is 7.91. The monoisotopic (exact) mass is 400 g/mol. The van der Waals surface area contributed by atoms with Gasteiger partial charge in [-0.3, -0.25) is 14.9 Å². The minimum Gasteiger partial charge on any atom is -0.496 e. The van der Waals surface area contributed by atoms with E-state index < -0.39 is 21.4 Å². The predicted octanol–water partition coefficient (Wildman–Crippen LogP) is 1.80. The molecule has 150 valence electrons. The third kappa shape index (κ3) is 5.56. The molecule has 1 aromatic rings. The number of hydrogen-bond acceptors (Lipinski definition) is 7. The van der Waals surface area contributed by atoms with Crippen molar-refractivity contribution in [2.24, 2.45) is 0 Å². The lowest BCUT2D eigenvalue weighted by Crippen LogP contribution is -2.44. The molecule has 1 atom stereocenters. The van der Waals surface area contributed by atoms with Gasteiger partial charge in [-0.15, -0.1) is 0 Å². The van der Waals surface area contributed by atoms with Gasteiger partial charge in [-0.25, -0.2) is 8.42 Å². The van der Waals surface area contributed by atoms with Gasteiger partial charge in [0.15, 0.2) is 22.2 Å². The number of nitro groups is 1. The largest absolute Gasteiger partial charge is 0.496 e. The van der Waals surface area contributed by atoms with E-state index in [1.165, 1.54) is 30.2 Å². The summed E-state index contributed by atoms with van der Waals surface area (Å²) < 4.78 is 33.8. The van der Waals surface area contributed by atoms with Crippen LogP contribution in [0, 0.1) is 10.1 Å². The Morgan fingerprint density at radius 2 is 2.15 bits per heavy atom. The van der Waals surface area contributed by atoms with Crippen LogP contribution in [0.1, 0.15) is 26.2 Å². The molecule has 0 aliphatic carbocycles. The number of hydrogen-bond donors (Lipinski definition) is 0. The van der Waals surface area contributed by atoms with Gasteiger partial charge >= 0.3 is 5.69 Å². The van der Waals surface area contributed by atoms with Crippen LogP contribution in [0.4, 0.5) is 5.69 Å². The molecule has 2 rings (SSSR count). The number of ether oxygens (including phenoxy) is 2. The summed E-state index contributed by atoms with van der Waals surface area (Å²) in [5.41, 5.74) is -0.300.